The average Bonchev–Trinajstić information content (AvgIpc) is 2.45. The van der Waals surface area contributed by atoms with Gasteiger partial charge in [-0.05, 0) is 50.5 Å². The van der Waals surface area contributed by atoms with Gasteiger partial charge < -0.3 is 15.7 Å². The van der Waals surface area contributed by atoms with Crippen LogP contribution in [0.15, 0.2) is 18.2 Å². The van der Waals surface area contributed by atoms with Crippen molar-refractivity contribution in [2.24, 2.45) is 0 Å². The lowest BCUT2D eigenvalue weighted by Crippen LogP contribution is -2.41. The molecule has 0 fully saturated rings. The molecule has 1 unspecified atom stereocenters. The summed E-state index contributed by atoms with van der Waals surface area (Å²) in [6.45, 7) is 5.47. The van der Waals surface area contributed by atoms with Crippen molar-refractivity contribution in [2.45, 2.75) is 39.7 Å². The van der Waals surface area contributed by atoms with E-state index in [0.717, 1.165) is 11.1 Å². The number of amides is 2. The van der Waals surface area contributed by atoms with E-state index in [-0.39, 0.29) is 30.8 Å². The van der Waals surface area contributed by atoms with Gasteiger partial charge in [-0.1, -0.05) is 6.07 Å². The fourth-order valence-corrected chi connectivity index (χ4v) is 1.88. The fraction of sp³-hybridized carbons (Fsp3) is 0.438. The summed E-state index contributed by atoms with van der Waals surface area (Å²) in [7, 11) is 0. The molecule has 2 amide bonds. The van der Waals surface area contributed by atoms with Crippen LogP contribution in [0.25, 0.3) is 0 Å². The first-order valence-corrected chi connectivity index (χ1v) is 7.16. The predicted octanol–water partition coefficient (Wildman–Crippen LogP) is 1.40. The summed E-state index contributed by atoms with van der Waals surface area (Å²) in [6, 6.07) is 5.10. The summed E-state index contributed by atoms with van der Waals surface area (Å²) < 4.78 is 0. The van der Waals surface area contributed by atoms with Gasteiger partial charge in [0, 0.05) is 18.0 Å². The van der Waals surface area contributed by atoms with E-state index < -0.39 is 5.97 Å². The zero-order valence-electron chi connectivity index (χ0n) is 13.1. The molecule has 0 aliphatic rings. The lowest BCUT2D eigenvalue weighted by Gasteiger charge is -2.13. The molecule has 0 saturated heterocycles. The Hall–Kier alpha value is -2.37. The minimum atomic E-state index is -0.899. The molecule has 6 nitrogen and oxygen atoms in total. The van der Waals surface area contributed by atoms with E-state index in [1.165, 1.54) is 0 Å². The summed E-state index contributed by atoms with van der Waals surface area (Å²) in [5.41, 5.74) is 2.62. The SMILES string of the molecule is Cc1ccc(C(=O)NCC(=O)NC(C)CCC(=O)O)cc1C. The zero-order valence-corrected chi connectivity index (χ0v) is 13.1. The third-order valence-electron chi connectivity index (χ3n) is 3.38. The van der Waals surface area contributed by atoms with Crippen LogP contribution in [0.1, 0.15) is 41.3 Å². The van der Waals surface area contributed by atoms with Gasteiger partial charge in [-0.25, -0.2) is 0 Å². The van der Waals surface area contributed by atoms with E-state index >= 15 is 0 Å². The molecule has 6 heteroatoms. The number of carboxylic acid groups (broad SMARTS) is 1. The van der Waals surface area contributed by atoms with Crippen LogP contribution < -0.4 is 10.6 Å². The molecule has 0 heterocycles. The Balaban J connectivity index is 2.41. The highest BCUT2D eigenvalue weighted by Gasteiger charge is 2.11. The highest BCUT2D eigenvalue weighted by molar-refractivity contribution is 5.96. The highest BCUT2D eigenvalue weighted by atomic mass is 16.4. The van der Waals surface area contributed by atoms with E-state index in [1.807, 2.05) is 19.9 Å². The average molecular weight is 306 g/mol. The maximum absolute atomic E-state index is 11.9. The van der Waals surface area contributed by atoms with Crippen LogP contribution in [0, 0.1) is 13.8 Å². The van der Waals surface area contributed by atoms with Crippen molar-refractivity contribution in [3.8, 4) is 0 Å². The molecule has 1 rings (SSSR count). The van der Waals surface area contributed by atoms with Crippen molar-refractivity contribution in [1.82, 2.24) is 10.6 Å². The van der Waals surface area contributed by atoms with E-state index in [9.17, 15) is 14.4 Å². The van der Waals surface area contributed by atoms with Crippen molar-refractivity contribution in [3.63, 3.8) is 0 Å². The van der Waals surface area contributed by atoms with Crippen LogP contribution in [-0.4, -0.2) is 35.5 Å². The molecule has 0 spiro atoms. The summed E-state index contributed by atoms with van der Waals surface area (Å²) in [6.07, 6.45) is 0.350. The highest BCUT2D eigenvalue weighted by Crippen LogP contribution is 2.09. The summed E-state index contributed by atoms with van der Waals surface area (Å²) >= 11 is 0. The molecule has 1 aromatic carbocycles. The molecule has 0 aliphatic carbocycles. The van der Waals surface area contributed by atoms with Gasteiger partial charge in [-0.15, -0.1) is 0 Å². The molecule has 22 heavy (non-hydrogen) atoms. The maximum Gasteiger partial charge on any atom is 0.303 e. The lowest BCUT2D eigenvalue weighted by atomic mass is 10.1. The summed E-state index contributed by atoms with van der Waals surface area (Å²) in [5, 5.41) is 13.8. The van der Waals surface area contributed by atoms with Gasteiger partial charge in [-0.3, -0.25) is 14.4 Å². The molecule has 0 aliphatic heterocycles. The Bertz CT molecular complexity index is 569. The number of carbonyl (C=O) groups excluding carboxylic acids is 2. The van der Waals surface area contributed by atoms with Gasteiger partial charge >= 0.3 is 5.97 Å². The number of aliphatic carboxylic acids is 1. The van der Waals surface area contributed by atoms with Crippen LogP contribution >= 0.6 is 0 Å². The second kappa shape index (κ2) is 8.17. The van der Waals surface area contributed by atoms with E-state index in [1.54, 1.807) is 19.1 Å². The van der Waals surface area contributed by atoms with Crippen molar-refractivity contribution in [2.75, 3.05) is 6.54 Å². The number of hydrogen-bond donors (Lipinski definition) is 3. The molecule has 3 N–H and O–H groups in total. The number of benzene rings is 1. The van der Waals surface area contributed by atoms with Crippen LogP contribution in [0.2, 0.25) is 0 Å². The number of hydrogen-bond acceptors (Lipinski definition) is 3. The van der Waals surface area contributed by atoms with Gasteiger partial charge in [0.1, 0.15) is 0 Å². The molecular formula is C16H22N2O4. The van der Waals surface area contributed by atoms with Gasteiger partial charge in [0.2, 0.25) is 5.91 Å². The first kappa shape index (κ1) is 17.7. The molecule has 0 saturated carbocycles. The lowest BCUT2D eigenvalue weighted by molar-refractivity contribution is -0.137. The van der Waals surface area contributed by atoms with Crippen LogP contribution in [0.3, 0.4) is 0 Å². The normalized spacial score (nSPS) is 11.6. The molecule has 1 atom stereocenters. The number of nitrogens with one attached hydrogen (secondary N) is 2. The Morgan fingerprint density at radius 1 is 1.18 bits per heavy atom. The molecule has 0 radical (unpaired) electrons. The number of rotatable bonds is 7. The minimum Gasteiger partial charge on any atom is -0.481 e. The van der Waals surface area contributed by atoms with Crippen molar-refractivity contribution in [3.05, 3.63) is 34.9 Å². The number of aryl methyl sites for hydroxylation is 2. The zero-order chi connectivity index (χ0) is 16.7. The van der Waals surface area contributed by atoms with Crippen molar-refractivity contribution < 1.29 is 19.5 Å². The van der Waals surface area contributed by atoms with Crippen molar-refractivity contribution in [1.29, 1.82) is 0 Å². The topological polar surface area (TPSA) is 95.5 Å². The third kappa shape index (κ3) is 5.95. The standard InChI is InChI=1S/C16H22N2O4/c1-10-4-6-13(8-11(10)2)16(22)17-9-14(19)18-12(3)5-7-15(20)21/h4,6,8,12H,5,7,9H2,1-3H3,(H,17,22)(H,18,19)(H,20,21). The summed E-state index contributed by atoms with van der Waals surface area (Å²) in [4.78, 5) is 34.1. The van der Waals surface area contributed by atoms with E-state index in [2.05, 4.69) is 10.6 Å². The quantitative estimate of drug-likeness (QED) is 0.709. The Labute approximate surface area is 129 Å². The number of carboxylic acids is 1. The first-order chi connectivity index (χ1) is 10.3. The summed E-state index contributed by atoms with van der Waals surface area (Å²) in [5.74, 6) is -1.55. The maximum atomic E-state index is 11.9. The van der Waals surface area contributed by atoms with E-state index in [4.69, 9.17) is 5.11 Å². The van der Waals surface area contributed by atoms with Gasteiger partial charge in [0.25, 0.3) is 5.91 Å². The van der Waals surface area contributed by atoms with Crippen molar-refractivity contribution >= 4 is 17.8 Å². The molecule has 1 aromatic rings. The first-order valence-electron chi connectivity index (χ1n) is 7.16. The monoisotopic (exact) mass is 306 g/mol. The van der Waals surface area contributed by atoms with Gasteiger partial charge in [0.05, 0.1) is 6.54 Å². The van der Waals surface area contributed by atoms with Gasteiger partial charge in [-0.2, -0.15) is 0 Å². The smallest absolute Gasteiger partial charge is 0.303 e. The largest absolute Gasteiger partial charge is 0.481 e. The van der Waals surface area contributed by atoms with E-state index in [0.29, 0.717) is 12.0 Å². The second-order valence-corrected chi connectivity index (χ2v) is 5.38. The second-order valence-electron chi connectivity index (χ2n) is 5.38. The molecule has 0 aromatic heterocycles. The molecule has 0 bridgehead atoms. The van der Waals surface area contributed by atoms with Crippen LogP contribution in [-0.2, 0) is 9.59 Å². The molecule has 120 valence electrons. The predicted molar refractivity (Wildman–Crippen MR) is 82.7 cm³/mol. The van der Waals surface area contributed by atoms with Crippen LogP contribution in [0.4, 0.5) is 0 Å². The number of carbonyl (C=O) groups is 3. The van der Waals surface area contributed by atoms with Gasteiger partial charge in [0.15, 0.2) is 0 Å². The minimum absolute atomic E-state index is 0.00352. The third-order valence-corrected chi connectivity index (χ3v) is 3.38. The Kier molecular flexibility index (Phi) is 6.56. The van der Waals surface area contributed by atoms with Crippen LogP contribution in [0.5, 0.6) is 0 Å². The molecular weight excluding hydrogens is 284 g/mol. The Morgan fingerprint density at radius 2 is 1.86 bits per heavy atom. The fourth-order valence-electron chi connectivity index (χ4n) is 1.88. The Morgan fingerprint density at radius 3 is 2.45 bits per heavy atom.